The highest BCUT2D eigenvalue weighted by molar-refractivity contribution is 7.19. The maximum absolute atomic E-state index is 12.9. The van der Waals surface area contributed by atoms with Gasteiger partial charge in [0, 0.05) is 11.9 Å². The lowest BCUT2D eigenvalue weighted by Gasteiger charge is -2.26. The minimum atomic E-state index is -0.0406. The molecule has 1 aliphatic rings. The molecule has 0 spiro atoms. The zero-order chi connectivity index (χ0) is 19.3. The number of nitrogens with one attached hydrogen (secondary N) is 1. The summed E-state index contributed by atoms with van der Waals surface area (Å²) in [7, 11) is 0. The lowest BCUT2D eigenvalue weighted by Crippen LogP contribution is -2.33. The molecular formula is C22H24ClN3OS. The molecule has 3 heterocycles. The van der Waals surface area contributed by atoms with Gasteiger partial charge in [-0.1, -0.05) is 36.2 Å². The Kier molecular flexibility index (Phi) is 6.25. The summed E-state index contributed by atoms with van der Waals surface area (Å²) < 4.78 is 0.716. The molecule has 1 N–H and O–H groups in total. The Bertz CT molecular complexity index is 965. The van der Waals surface area contributed by atoms with Crippen LogP contribution in [-0.2, 0) is 0 Å². The summed E-state index contributed by atoms with van der Waals surface area (Å²) in [5.74, 6) is -0.0406. The molecule has 1 aromatic carbocycles. The van der Waals surface area contributed by atoms with Crippen LogP contribution in [0.5, 0.6) is 0 Å². The van der Waals surface area contributed by atoms with E-state index in [0.29, 0.717) is 16.4 Å². The van der Waals surface area contributed by atoms with Gasteiger partial charge in [-0.15, -0.1) is 11.3 Å². The molecule has 1 aliphatic heterocycles. The van der Waals surface area contributed by atoms with E-state index in [2.05, 4.69) is 10.2 Å². The molecule has 0 aliphatic carbocycles. The number of thiophene rings is 1. The molecule has 6 heteroatoms. The van der Waals surface area contributed by atoms with Gasteiger partial charge in [0.05, 0.1) is 26.0 Å². The van der Waals surface area contributed by atoms with E-state index in [9.17, 15) is 4.79 Å². The SMILES string of the molecule is O=C(NCCCN1CCCCC1)c1cc(-c2ccc(Cl)s2)nc2ccccc12. The van der Waals surface area contributed by atoms with E-state index in [1.165, 1.54) is 43.7 Å². The Balaban J connectivity index is 1.49. The van der Waals surface area contributed by atoms with Gasteiger partial charge in [0.15, 0.2) is 0 Å². The lowest BCUT2D eigenvalue weighted by atomic mass is 10.1. The summed E-state index contributed by atoms with van der Waals surface area (Å²) in [5.41, 5.74) is 2.28. The third-order valence-corrected chi connectivity index (χ3v) is 6.43. The van der Waals surface area contributed by atoms with Crippen molar-refractivity contribution in [1.82, 2.24) is 15.2 Å². The quantitative estimate of drug-likeness (QED) is 0.563. The van der Waals surface area contributed by atoms with Crippen molar-refractivity contribution in [2.24, 2.45) is 0 Å². The van der Waals surface area contributed by atoms with Gasteiger partial charge in [0.25, 0.3) is 5.91 Å². The van der Waals surface area contributed by atoms with Crippen LogP contribution in [0.25, 0.3) is 21.5 Å². The second kappa shape index (κ2) is 9.03. The molecule has 1 fully saturated rings. The molecule has 28 heavy (non-hydrogen) atoms. The highest BCUT2D eigenvalue weighted by Crippen LogP contribution is 2.32. The second-order valence-electron chi connectivity index (χ2n) is 7.19. The molecule has 0 saturated carbocycles. The fourth-order valence-corrected chi connectivity index (χ4v) is 4.73. The Morgan fingerprint density at radius 2 is 1.96 bits per heavy atom. The first-order valence-corrected chi connectivity index (χ1v) is 11.1. The maximum Gasteiger partial charge on any atom is 0.252 e. The molecule has 3 aromatic rings. The van der Waals surface area contributed by atoms with Gasteiger partial charge in [-0.25, -0.2) is 4.98 Å². The topological polar surface area (TPSA) is 45.2 Å². The van der Waals surface area contributed by atoms with Crippen LogP contribution >= 0.6 is 22.9 Å². The first-order valence-electron chi connectivity index (χ1n) is 9.87. The summed E-state index contributed by atoms with van der Waals surface area (Å²) in [6.45, 7) is 4.12. The zero-order valence-electron chi connectivity index (χ0n) is 15.8. The Labute approximate surface area is 174 Å². The normalized spacial score (nSPS) is 15.0. The van der Waals surface area contributed by atoms with Crippen LogP contribution in [0.3, 0.4) is 0 Å². The Morgan fingerprint density at radius 1 is 1.14 bits per heavy atom. The second-order valence-corrected chi connectivity index (χ2v) is 8.90. The van der Waals surface area contributed by atoms with Crippen LogP contribution in [0.4, 0.5) is 0 Å². The van der Waals surface area contributed by atoms with Crippen molar-refractivity contribution in [3.8, 4) is 10.6 Å². The minimum absolute atomic E-state index is 0.0406. The van der Waals surface area contributed by atoms with E-state index >= 15 is 0 Å². The number of benzene rings is 1. The molecule has 4 rings (SSSR count). The number of rotatable bonds is 6. The van der Waals surface area contributed by atoms with E-state index < -0.39 is 0 Å². The number of para-hydroxylation sites is 1. The van der Waals surface area contributed by atoms with Gasteiger partial charge in [0.1, 0.15) is 0 Å². The third-order valence-electron chi connectivity index (χ3n) is 5.17. The van der Waals surface area contributed by atoms with E-state index in [-0.39, 0.29) is 5.91 Å². The Hall–Kier alpha value is -1.95. The number of carbonyl (C=O) groups is 1. The third kappa shape index (κ3) is 4.54. The van der Waals surface area contributed by atoms with Crippen molar-refractivity contribution in [2.75, 3.05) is 26.2 Å². The molecule has 0 bridgehead atoms. The summed E-state index contributed by atoms with van der Waals surface area (Å²) >= 11 is 7.56. The zero-order valence-corrected chi connectivity index (χ0v) is 17.4. The number of likely N-dealkylation sites (tertiary alicyclic amines) is 1. The van der Waals surface area contributed by atoms with Crippen molar-refractivity contribution >= 4 is 39.7 Å². The van der Waals surface area contributed by atoms with Crippen molar-refractivity contribution in [3.63, 3.8) is 0 Å². The predicted octanol–water partition coefficient (Wildman–Crippen LogP) is 5.22. The van der Waals surface area contributed by atoms with Crippen LogP contribution in [0, 0.1) is 0 Å². The maximum atomic E-state index is 12.9. The molecule has 2 aromatic heterocycles. The van der Waals surface area contributed by atoms with E-state index in [0.717, 1.165) is 34.4 Å². The molecule has 4 nitrogen and oxygen atoms in total. The number of aromatic nitrogens is 1. The number of nitrogens with zero attached hydrogens (tertiary/aromatic N) is 2. The fourth-order valence-electron chi connectivity index (χ4n) is 3.72. The van der Waals surface area contributed by atoms with Crippen molar-refractivity contribution in [3.05, 3.63) is 52.4 Å². The minimum Gasteiger partial charge on any atom is -0.352 e. The van der Waals surface area contributed by atoms with Gasteiger partial charge < -0.3 is 10.2 Å². The van der Waals surface area contributed by atoms with Crippen LogP contribution in [0.15, 0.2) is 42.5 Å². The van der Waals surface area contributed by atoms with Crippen LogP contribution in [-0.4, -0.2) is 42.0 Å². The van der Waals surface area contributed by atoms with Crippen LogP contribution < -0.4 is 5.32 Å². The first-order chi connectivity index (χ1) is 13.7. The summed E-state index contributed by atoms with van der Waals surface area (Å²) in [6.07, 6.45) is 4.91. The largest absolute Gasteiger partial charge is 0.352 e. The molecule has 1 saturated heterocycles. The monoisotopic (exact) mass is 413 g/mol. The van der Waals surface area contributed by atoms with Crippen LogP contribution in [0.1, 0.15) is 36.0 Å². The number of piperidine rings is 1. The fraction of sp³-hybridized carbons (Fsp3) is 0.364. The summed E-state index contributed by atoms with van der Waals surface area (Å²) in [6, 6.07) is 13.5. The van der Waals surface area contributed by atoms with E-state index in [1.807, 2.05) is 42.5 Å². The number of fused-ring (bicyclic) bond motifs is 1. The number of pyridine rings is 1. The Morgan fingerprint density at radius 3 is 2.75 bits per heavy atom. The van der Waals surface area contributed by atoms with Gasteiger partial charge >= 0.3 is 0 Å². The predicted molar refractivity (Wildman–Crippen MR) is 117 cm³/mol. The number of hydrogen-bond donors (Lipinski definition) is 1. The van der Waals surface area contributed by atoms with Crippen molar-refractivity contribution in [2.45, 2.75) is 25.7 Å². The smallest absolute Gasteiger partial charge is 0.252 e. The number of halogens is 1. The molecule has 0 radical (unpaired) electrons. The van der Waals surface area contributed by atoms with E-state index in [1.54, 1.807) is 0 Å². The molecule has 0 unspecified atom stereocenters. The summed E-state index contributed by atoms with van der Waals surface area (Å²) in [5, 5.41) is 3.98. The average Bonchev–Trinajstić information content (AvgIpc) is 3.17. The molecule has 146 valence electrons. The van der Waals surface area contributed by atoms with Crippen molar-refractivity contribution in [1.29, 1.82) is 0 Å². The highest BCUT2D eigenvalue weighted by Gasteiger charge is 2.15. The molecule has 0 atom stereocenters. The van der Waals surface area contributed by atoms with Gasteiger partial charge in [-0.2, -0.15) is 0 Å². The number of amides is 1. The van der Waals surface area contributed by atoms with Gasteiger partial charge in [-0.3, -0.25) is 4.79 Å². The van der Waals surface area contributed by atoms with E-state index in [4.69, 9.17) is 16.6 Å². The standard InChI is InChI=1S/C22H24ClN3OS/c23-21-10-9-20(28-21)19-15-17(16-7-2-3-8-18(16)25-19)22(27)24-11-6-14-26-12-4-1-5-13-26/h2-3,7-10,15H,1,4-6,11-14H2,(H,24,27). The lowest BCUT2D eigenvalue weighted by molar-refractivity contribution is 0.0952. The molecule has 1 amide bonds. The average molecular weight is 414 g/mol. The number of hydrogen-bond acceptors (Lipinski definition) is 4. The van der Waals surface area contributed by atoms with Gasteiger partial charge in [-0.05, 0) is 63.2 Å². The summed E-state index contributed by atoms with van der Waals surface area (Å²) in [4.78, 5) is 21.1. The van der Waals surface area contributed by atoms with Gasteiger partial charge in [0.2, 0.25) is 0 Å². The molecular weight excluding hydrogens is 390 g/mol. The highest BCUT2D eigenvalue weighted by atomic mass is 35.5. The number of carbonyl (C=O) groups excluding carboxylic acids is 1. The first kappa shape index (κ1) is 19.4. The van der Waals surface area contributed by atoms with Crippen LogP contribution in [0.2, 0.25) is 4.34 Å². The van der Waals surface area contributed by atoms with Crippen molar-refractivity contribution < 1.29 is 4.79 Å².